The molecule has 0 spiro atoms. The molecule has 2 unspecified atom stereocenters. The van der Waals surface area contributed by atoms with Crippen LogP contribution in [0.5, 0.6) is 0 Å². The first kappa shape index (κ1) is 23.0. The van der Waals surface area contributed by atoms with E-state index in [1.807, 2.05) is 0 Å². The highest BCUT2D eigenvalue weighted by Crippen LogP contribution is 2.20. The summed E-state index contributed by atoms with van der Waals surface area (Å²) < 4.78 is 0. The maximum Gasteiger partial charge on any atom is 0.0568 e. The summed E-state index contributed by atoms with van der Waals surface area (Å²) in [6.45, 7) is 6.72. The predicted octanol–water partition coefficient (Wildman–Crippen LogP) is 7.65. The average molecular weight is 327 g/mol. The summed E-state index contributed by atoms with van der Waals surface area (Å²) in [7, 11) is 0. The van der Waals surface area contributed by atoms with Crippen LogP contribution in [0.25, 0.3) is 0 Å². The van der Waals surface area contributed by atoms with Crippen LogP contribution in [0.15, 0.2) is 0 Å². The topological polar surface area (TPSA) is 20.2 Å². The fourth-order valence-corrected chi connectivity index (χ4v) is 3.65. The number of aliphatic hydroxyl groups is 1. The van der Waals surface area contributed by atoms with Gasteiger partial charge in [-0.05, 0) is 18.8 Å². The Bertz CT molecular complexity index is 214. The zero-order valence-corrected chi connectivity index (χ0v) is 16.6. The molecule has 1 heteroatoms. The van der Waals surface area contributed by atoms with Crippen LogP contribution in [0, 0.1) is 5.92 Å². The van der Waals surface area contributed by atoms with Gasteiger partial charge in [-0.3, -0.25) is 0 Å². The van der Waals surface area contributed by atoms with E-state index in [9.17, 15) is 5.11 Å². The summed E-state index contributed by atoms with van der Waals surface area (Å²) in [5, 5.41) is 10.2. The first-order valence-electron chi connectivity index (χ1n) is 10.9. The normalized spacial score (nSPS) is 14.1. The monoisotopic (exact) mass is 326 g/mol. The van der Waals surface area contributed by atoms with E-state index in [-0.39, 0.29) is 6.10 Å². The molecule has 0 aliphatic carbocycles. The van der Waals surface area contributed by atoms with Gasteiger partial charge in [0.25, 0.3) is 0 Å². The van der Waals surface area contributed by atoms with E-state index in [4.69, 9.17) is 0 Å². The second-order valence-corrected chi connectivity index (χ2v) is 7.56. The zero-order chi connectivity index (χ0) is 17.2. The molecule has 1 nitrogen and oxygen atoms in total. The molecule has 0 aromatic heterocycles. The van der Waals surface area contributed by atoms with Crippen molar-refractivity contribution in [3.63, 3.8) is 0 Å². The zero-order valence-electron chi connectivity index (χ0n) is 16.6. The summed E-state index contributed by atoms with van der Waals surface area (Å²) in [4.78, 5) is 0. The number of hydrogen-bond acceptors (Lipinski definition) is 1. The van der Waals surface area contributed by atoms with Gasteiger partial charge in [-0.2, -0.15) is 0 Å². The lowest BCUT2D eigenvalue weighted by atomic mass is 9.91. The Morgan fingerprint density at radius 2 is 0.957 bits per heavy atom. The molecule has 0 saturated heterocycles. The molecule has 0 aliphatic heterocycles. The van der Waals surface area contributed by atoms with Crippen molar-refractivity contribution in [2.45, 2.75) is 136 Å². The van der Waals surface area contributed by atoms with E-state index in [1.165, 1.54) is 96.3 Å². The molecule has 2 atom stereocenters. The molecule has 0 saturated carbocycles. The van der Waals surface area contributed by atoms with Crippen molar-refractivity contribution in [3.8, 4) is 0 Å². The van der Waals surface area contributed by atoms with E-state index >= 15 is 0 Å². The summed E-state index contributed by atoms with van der Waals surface area (Å²) in [5.41, 5.74) is 0. The first-order chi connectivity index (χ1) is 11.3. The minimum absolute atomic E-state index is 0.0485. The molecule has 0 aliphatic rings. The summed E-state index contributed by atoms with van der Waals surface area (Å²) in [6.07, 6.45) is 22.7. The van der Waals surface area contributed by atoms with Crippen molar-refractivity contribution in [3.05, 3.63) is 0 Å². The maximum atomic E-state index is 10.2. The molecule has 140 valence electrons. The van der Waals surface area contributed by atoms with Crippen LogP contribution in [0.3, 0.4) is 0 Å². The molecule has 0 radical (unpaired) electrons. The maximum absolute atomic E-state index is 10.2. The highest BCUT2D eigenvalue weighted by atomic mass is 16.3. The Morgan fingerprint density at radius 1 is 0.522 bits per heavy atom. The second kappa shape index (κ2) is 18.3. The average Bonchev–Trinajstić information content (AvgIpc) is 2.56. The third kappa shape index (κ3) is 15.2. The van der Waals surface area contributed by atoms with Crippen molar-refractivity contribution in [1.29, 1.82) is 0 Å². The molecule has 0 fully saturated rings. The third-order valence-electron chi connectivity index (χ3n) is 5.33. The lowest BCUT2D eigenvalue weighted by molar-refractivity contribution is 0.0883. The van der Waals surface area contributed by atoms with Gasteiger partial charge in [-0.15, -0.1) is 0 Å². The van der Waals surface area contributed by atoms with Gasteiger partial charge in [0, 0.05) is 0 Å². The molecule has 0 rings (SSSR count). The molecule has 0 aromatic carbocycles. The van der Waals surface area contributed by atoms with Crippen LogP contribution in [0.4, 0.5) is 0 Å². The fraction of sp³-hybridized carbons (Fsp3) is 1.00. The SMILES string of the molecule is CCCCCCCCCCCCCCCC(O)C(CC)CCC. The molecule has 0 heterocycles. The van der Waals surface area contributed by atoms with Crippen molar-refractivity contribution in [2.75, 3.05) is 0 Å². The van der Waals surface area contributed by atoms with Gasteiger partial charge in [0.1, 0.15) is 0 Å². The summed E-state index contributed by atoms with van der Waals surface area (Å²) in [6, 6.07) is 0. The van der Waals surface area contributed by atoms with Crippen LogP contribution < -0.4 is 0 Å². The van der Waals surface area contributed by atoms with Gasteiger partial charge in [0.15, 0.2) is 0 Å². The van der Waals surface area contributed by atoms with Crippen molar-refractivity contribution in [2.24, 2.45) is 5.92 Å². The number of unbranched alkanes of at least 4 members (excludes halogenated alkanes) is 12. The van der Waals surface area contributed by atoms with Gasteiger partial charge in [-0.25, -0.2) is 0 Å². The Morgan fingerprint density at radius 3 is 1.35 bits per heavy atom. The molecular weight excluding hydrogens is 280 g/mol. The molecule has 0 bridgehead atoms. The van der Waals surface area contributed by atoms with Crippen LogP contribution in [-0.4, -0.2) is 11.2 Å². The van der Waals surface area contributed by atoms with Gasteiger partial charge in [0.05, 0.1) is 6.10 Å². The highest BCUT2D eigenvalue weighted by Gasteiger charge is 2.15. The highest BCUT2D eigenvalue weighted by molar-refractivity contribution is 4.67. The fourth-order valence-electron chi connectivity index (χ4n) is 3.65. The minimum Gasteiger partial charge on any atom is -0.393 e. The lowest BCUT2D eigenvalue weighted by Crippen LogP contribution is -2.19. The van der Waals surface area contributed by atoms with Crippen LogP contribution >= 0.6 is 0 Å². The van der Waals surface area contributed by atoms with E-state index in [0.717, 1.165) is 12.8 Å². The standard InChI is InChI=1S/C22H46O/c1-4-7-8-9-10-11-12-13-14-15-16-17-18-20-22(23)21(6-3)19-5-2/h21-23H,4-20H2,1-3H3. The quantitative estimate of drug-likeness (QED) is 0.256. The predicted molar refractivity (Wildman–Crippen MR) is 105 cm³/mol. The van der Waals surface area contributed by atoms with Gasteiger partial charge >= 0.3 is 0 Å². The van der Waals surface area contributed by atoms with Gasteiger partial charge in [-0.1, -0.05) is 117 Å². The van der Waals surface area contributed by atoms with Crippen LogP contribution in [-0.2, 0) is 0 Å². The second-order valence-electron chi connectivity index (χ2n) is 7.56. The van der Waals surface area contributed by atoms with Crippen molar-refractivity contribution < 1.29 is 5.11 Å². The summed E-state index contributed by atoms with van der Waals surface area (Å²) >= 11 is 0. The van der Waals surface area contributed by atoms with Crippen LogP contribution in [0.1, 0.15) is 130 Å². The van der Waals surface area contributed by atoms with E-state index in [0.29, 0.717) is 5.92 Å². The number of rotatable bonds is 18. The lowest BCUT2D eigenvalue weighted by Gasteiger charge is -2.20. The van der Waals surface area contributed by atoms with Gasteiger partial charge in [0.2, 0.25) is 0 Å². The molecule has 0 aromatic rings. The number of hydrogen-bond donors (Lipinski definition) is 1. The van der Waals surface area contributed by atoms with Crippen LogP contribution in [0.2, 0.25) is 0 Å². The number of aliphatic hydroxyl groups excluding tert-OH is 1. The Hall–Kier alpha value is -0.0400. The van der Waals surface area contributed by atoms with E-state index in [1.54, 1.807) is 0 Å². The Kier molecular flexibility index (Phi) is 18.3. The van der Waals surface area contributed by atoms with Crippen molar-refractivity contribution >= 4 is 0 Å². The van der Waals surface area contributed by atoms with Crippen molar-refractivity contribution in [1.82, 2.24) is 0 Å². The largest absolute Gasteiger partial charge is 0.393 e. The molecule has 1 N–H and O–H groups in total. The Labute approximate surface area is 147 Å². The third-order valence-corrected chi connectivity index (χ3v) is 5.33. The summed E-state index contributed by atoms with van der Waals surface area (Å²) in [5.74, 6) is 0.539. The van der Waals surface area contributed by atoms with Gasteiger partial charge < -0.3 is 5.11 Å². The Balaban J connectivity index is 3.24. The van der Waals surface area contributed by atoms with E-state index < -0.39 is 0 Å². The molecule has 23 heavy (non-hydrogen) atoms. The molecular formula is C22H46O. The molecule has 0 amide bonds. The minimum atomic E-state index is -0.0485. The van der Waals surface area contributed by atoms with E-state index in [2.05, 4.69) is 20.8 Å². The first-order valence-corrected chi connectivity index (χ1v) is 10.9. The smallest absolute Gasteiger partial charge is 0.0568 e.